The average Bonchev–Trinajstić information content (AvgIpc) is 3.45. The highest BCUT2D eigenvalue weighted by Crippen LogP contribution is 2.34. The Morgan fingerprint density at radius 3 is 2.81 bits per heavy atom. The van der Waals surface area contributed by atoms with Gasteiger partial charge in [-0.05, 0) is 48.2 Å². The second-order valence-corrected chi connectivity index (χ2v) is 8.13. The van der Waals surface area contributed by atoms with E-state index in [9.17, 15) is 13.6 Å². The first-order chi connectivity index (χ1) is 15.5. The number of hydrogen-bond donors (Lipinski definition) is 0. The molecule has 0 saturated heterocycles. The van der Waals surface area contributed by atoms with E-state index in [2.05, 4.69) is 9.98 Å². The molecule has 1 fully saturated rings. The fraction of sp³-hybridized carbons (Fsp3) is 0.240. The predicted octanol–water partition coefficient (Wildman–Crippen LogP) is 4.77. The van der Waals surface area contributed by atoms with Crippen molar-refractivity contribution in [1.82, 2.24) is 9.88 Å². The Kier molecular flexibility index (Phi) is 5.17. The van der Waals surface area contributed by atoms with E-state index in [0.717, 1.165) is 24.0 Å². The number of aliphatic imine (C=N–C) groups is 1. The summed E-state index contributed by atoms with van der Waals surface area (Å²) >= 11 is 0. The van der Waals surface area contributed by atoms with Crippen LogP contribution in [0.5, 0.6) is 5.75 Å². The molecule has 162 valence electrons. The first-order valence-corrected chi connectivity index (χ1v) is 10.5. The highest BCUT2D eigenvalue weighted by molar-refractivity contribution is 5.95. The molecule has 1 amide bonds. The Labute approximate surface area is 184 Å². The monoisotopic (exact) mass is 433 g/mol. The topological polar surface area (TPSA) is 54.8 Å². The smallest absolute Gasteiger partial charge is 0.255 e. The predicted molar refractivity (Wildman–Crippen MR) is 117 cm³/mol. The van der Waals surface area contributed by atoms with E-state index in [4.69, 9.17) is 4.74 Å². The Balaban J connectivity index is 1.41. The van der Waals surface area contributed by atoms with Gasteiger partial charge in [0.05, 0.1) is 18.2 Å². The number of carbonyl (C=O) groups is 1. The number of ether oxygens (including phenoxy) is 1. The van der Waals surface area contributed by atoms with Crippen LogP contribution in [0.1, 0.15) is 39.9 Å². The lowest BCUT2D eigenvalue weighted by molar-refractivity contribution is 0.0784. The number of hydrogen-bond acceptors (Lipinski definition) is 4. The van der Waals surface area contributed by atoms with Gasteiger partial charge in [0, 0.05) is 37.1 Å². The van der Waals surface area contributed by atoms with E-state index in [1.165, 1.54) is 30.6 Å². The van der Waals surface area contributed by atoms with Crippen molar-refractivity contribution in [3.63, 3.8) is 0 Å². The number of pyridine rings is 1. The summed E-state index contributed by atoms with van der Waals surface area (Å²) < 4.78 is 33.7. The number of aromatic nitrogens is 1. The second-order valence-electron chi connectivity index (χ2n) is 8.13. The third-order valence-electron chi connectivity index (χ3n) is 5.64. The molecule has 2 aromatic carbocycles. The molecule has 2 heterocycles. The van der Waals surface area contributed by atoms with Gasteiger partial charge in [-0.25, -0.2) is 8.78 Å². The van der Waals surface area contributed by atoms with Gasteiger partial charge in [-0.15, -0.1) is 0 Å². The van der Waals surface area contributed by atoms with Crippen LogP contribution in [0.15, 0.2) is 53.7 Å². The van der Waals surface area contributed by atoms with Crippen molar-refractivity contribution >= 4 is 12.1 Å². The zero-order chi connectivity index (χ0) is 22.2. The lowest BCUT2D eigenvalue weighted by atomic mass is 10.0. The van der Waals surface area contributed by atoms with Gasteiger partial charge in [0.15, 0.2) is 0 Å². The van der Waals surface area contributed by atoms with E-state index in [0.29, 0.717) is 41.2 Å². The molecule has 3 aromatic rings. The summed E-state index contributed by atoms with van der Waals surface area (Å²) in [6.07, 6.45) is 4.99. The number of amides is 1. The van der Waals surface area contributed by atoms with Crippen LogP contribution in [-0.4, -0.2) is 35.2 Å². The fourth-order valence-corrected chi connectivity index (χ4v) is 3.80. The van der Waals surface area contributed by atoms with Crippen molar-refractivity contribution in [3.8, 4) is 17.0 Å². The number of rotatable bonds is 6. The molecule has 5 rings (SSSR count). The molecule has 1 saturated carbocycles. The number of halogens is 2. The van der Waals surface area contributed by atoms with Crippen LogP contribution in [0.2, 0.25) is 0 Å². The quantitative estimate of drug-likeness (QED) is 0.563. The molecular formula is C25H21F2N3O2. The van der Waals surface area contributed by atoms with Crippen LogP contribution in [-0.2, 0) is 13.1 Å². The number of nitrogens with zero attached hydrogens (tertiary/aromatic N) is 3. The van der Waals surface area contributed by atoms with Gasteiger partial charge in [0.1, 0.15) is 23.1 Å². The maximum atomic E-state index is 14.0. The largest absolute Gasteiger partial charge is 0.488 e. The minimum absolute atomic E-state index is 0.0917. The molecule has 1 aliphatic heterocycles. The SMILES string of the molecule is CN(Cc1ccc(F)c2c1CN=C2)C(=O)c1cnc(-c2cccc(F)c2)c(OC2CC2)c1. The van der Waals surface area contributed by atoms with Crippen molar-refractivity contribution in [2.75, 3.05) is 7.05 Å². The molecule has 2 aliphatic rings. The van der Waals surface area contributed by atoms with Gasteiger partial charge in [0.2, 0.25) is 0 Å². The van der Waals surface area contributed by atoms with E-state index >= 15 is 0 Å². The molecule has 32 heavy (non-hydrogen) atoms. The van der Waals surface area contributed by atoms with E-state index < -0.39 is 0 Å². The molecule has 0 unspecified atom stereocenters. The second kappa shape index (κ2) is 8.15. The van der Waals surface area contributed by atoms with E-state index in [-0.39, 0.29) is 23.6 Å². The maximum absolute atomic E-state index is 14.0. The molecule has 0 spiro atoms. The maximum Gasteiger partial charge on any atom is 0.255 e. The molecule has 5 nitrogen and oxygen atoms in total. The fourth-order valence-electron chi connectivity index (χ4n) is 3.80. The first kappa shape index (κ1) is 20.3. The van der Waals surface area contributed by atoms with Crippen LogP contribution >= 0.6 is 0 Å². The van der Waals surface area contributed by atoms with Gasteiger partial charge < -0.3 is 9.64 Å². The molecule has 0 radical (unpaired) electrons. The number of fused-ring (bicyclic) bond motifs is 1. The number of carbonyl (C=O) groups excluding carboxylic acids is 1. The van der Waals surface area contributed by atoms with Crippen molar-refractivity contribution in [3.05, 3.63) is 82.5 Å². The van der Waals surface area contributed by atoms with Crippen LogP contribution in [0, 0.1) is 11.6 Å². The summed E-state index contributed by atoms with van der Waals surface area (Å²) in [6.45, 7) is 0.725. The Morgan fingerprint density at radius 2 is 2.03 bits per heavy atom. The molecule has 0 bridgehead atoms. The summed E-state index contributed by atoms with van der Waals surface area (Å²) in [5, 5.41) is 0. The standard InChI is InChI=1S/C25H21F2N3O2/c1-30(14-16-5-8-22(27)21-13-28-12-20(16)21)25(31)17-10-23(32-19-6-7-19)24(29-11-17)15-3-2-4-18(26)9-15/h2-5,8-11,13,19H,6-7,12,14H2,1H3. The number of benzene rings is 2. The van der Waals surface area contributed by atoms with Crippen LogP contribution in [0.25, 0.3) is 11.3 Å². The third-order valence-corrected chi connectivity index (χ3v) is 5.64. The van der Waals surface area contributed by atoms with Crippen LogP contribution < -0.4 is 4.74 Å². The van der Waals surface area contributed by atoms with Crippen molar-refractivity contribution in [1.29, 1.82) is 0 Å². The van der Waals surface area contributed by atoms with Gasteiger partial charge in [-0.2, -0.15) is 0 Å². The van der Waals surface area contributed by atoms with Gasteiger partial charge >= 0.3 is 0 Å². The average molecular weight is 433 g/mol. The van der Waals surface area contributed by atoms with Crippen molar-refractivity contribution < 1.29 is 18.3 Å². The Morgan fingerprint density at radius 1 is 1.19 bits per heavy atom. The third kappa shape index (κ3) is 3.98. The summed E-state index contributed by atoms with van der Waals surface area (Å²) in [5.41, 5.74) is 3.62. The lowest BCUT2D eigenvalue weighted by Crippen LogP contribution is -2.27. The summed E-state index contributed by atoms with van der Waals surface area (Å²) in [7, 11) is 1.69. The van der Waals surface area contributed by atoms with Crippen LogP contribution in [0.4, 0.5) is 8.78 Å². The van der Waals surface area contributed by atoms with Gasteiger partial charge in [0.25, 0.3) is 5.91 Å². The zero-order valence-electron chi connectivity index (χ0n) is 17.5. The molecule has 0 N–H and O–H groups in total. The Bertz CT molecular complexity index is 1240. The zero-order valence-corrected chi connectivity index (χ0v) is 17.5. The van der Waals surface area contributed by atoms with Gasteiger partial charge in [-0.3, -0.25) is 14.8 Å². The highest BCUT2D eigenvalue weighted by atomic mass is 19.1. The summed E-state index contributed by atoms with van der Waals surface area (Å²) in [5.74, 6) is -0.440. The van der Waals surface area contributed by atoms with Crippen molar-refractivity contribution in [2.45, 2.75) is 32.0 Å². The molecule has 0 atom stereocenters. The normalized spacial score (nSPS) is 14.3. The Hall–Kier alpha value is -3.61. The summed E-state index contributed by atoms with van der Waals surface area (Å²) in [6, 6.07) is 10.9. The molecule has 1 aromatic heterocycles. The van der Waals surface area contributed by atoms with Crippen LogP contribution in [0.3, 0.4) is 0 Å². The first-order valence-electron chi connectivity index (χ1n) is 10.5. The van der Waals surface area contributed by atoms with E-state index in [1.54, 1.807) is 36.2 Å². The van der Waals surface area contributed by atoms with Gasteiger partial charge in [-0.1, -0.05) is 18.2 Å². The molecule has 1 aliphatic carbocycles. The minimum Gasteiger partial charge on any atom is -0.488 e. The molecule has 7 heteroatoms. The highest BCUT2D eigenvalue weighted by Gasteiger charge is 2.27. The summed E-state index contributed by atoms with van der Waals surface area (Å²) in [4.78, 5) is 23.3. The molecular weight excluding hydrogens is 412 g/mol. The van der Waals surface area contributed by atoms with Crippen molar-refractivity contribution in [2.24, 2.45) is 4.99 Å². The minimum atomic E-state index is -0.364. The lowest BCUT2D eigenvalue weighted by Gasteiger charge is -2.20. The van der Waals surface area contributed by atoms with E-state index in [1.807, 2.05) is 0 Å².